The number of halogens is 1. The zero-order valence-corrected chi connectivity index (χ0v) is 8.18. The average Bonchev–Trinajstić information content (AvgIpc) is 2.01. The first kappa shape index (κ1) is 9.25. The second kappa shape index (κ2) is 3.71. The molecule has 1 rings (SSSR count). The number of aryl methyl sites for hydroxylation is 1. The number of nitrogens with one attached hydrogen (secondary N) is 1. The van der Waals surface area contributed by atoms with Crippen LogP contribution in [-0.4, -0.2) is 15.1 Å². The maximum absolute atomic E-state index is 11.0. The molecule has 0 aliphatic heterocycles. The molecule has 5 heteroatoms. The fraction of sp³-hybridized carbons (Fsp3) is 0.429. The zero-order chi connectivity index (χ0) is 9.14. The number of aromatic amines is 1. The lowest BCUT2D eigenvalue weighted by molar-refractivity contribution is 0.443. The quantitative estimate of drug-likeness (QED) is 0.806. The van der Waals surface area contributed by atoms with Crippen molar-refractivity contribution in [1.29, 1.82) is 0 Å². The summed E-state index contributed by atoms with van der Waals surface area (Å²) in [5.74, 6) is 0.269. The number of hydrogen-bond donors (Lipinski definition) is 2. The predicted molar refractivity (Wildman–Crippen MR) is 48.2 cm³/mol. The summed E-state index contributed by atoms with van der Waals surface area (Å²) >= 11 is 2.91. The van der Waals surface area contributed by atoms with Crippen LogP contribution in [0.4, 0.5) is 0 Å². The van der Waals surface area contributed by atoms with Crippen LogP contribution in [0.3, 0.4) is 0 Å². The van der Waals surface area contributed by atoms with Crippen LogP contribution in [0, 0.1) is 0 Å². The SMILES string of the molecule is CCCc1nc(O)c(Br)c(=O)[nH]1. The molecule has 0 saturated heterocycles. The number of aromatic hydroxyl groups is 1. The molecule has 0 radical (unpaired) electrons. The molecule has 0 aromatic carbocycles. The van der Waals surface area contributed by atoms with Crippen molar-refractivity contribution in [2.24, 2.45) is 0 Å². The standard InChI is InChI=1S/C7H9BrN2O2/c1-2-3-4-9-6(11)5(8)7(12)10-4/h2-3H2,1H3,(H2,9,10,11,12). The van der Waals surface area contributed by atoms with Gasteiger partial charge >= 0.3 is 0 Å². The Kier molecular flexibility index (Phi) is 2.86. The van der Waals surface area contributed by atoms with Gasteiger partial charge in [0.15, 0.2) is 0 Å². The van der Waals surface area contributed by atoms with E-state index in [4.69, 9.17) is 5.11 Å². The first-order valence-electron chi connectivity index (χ1n) is 3.62. The van der Waals surface area contributed by atoms with Crippen LogP contribution < -0.4 is 5.56 Å². The van der Waals surface area contributed by atoms with Crippen LogP contribution in [0.5, 0.6) is 5.88 Å². The summed E-state index contributed by atoms with van der Waals surface area (Å²) in [5.41, 5.74) is -0.342. The summed E-state index contributed by atoms with van der Waals surface area (Å²) in [5, 5.41) is 9.13. The van der Waals surface area contributed by atoms with Gasteiger partial charge in [0, 0.05) is 6.42 Å². The first-order chi connectivity index (χ1) is 5.65. The minimum Gasteiger partial charge on any atom is -0.492 e. The van der Waals surface area contributed by atoms with Crippen molar-refractivity contribution in [3.63, 3.8) is 0 Å². The molecule has 0 spiro atoms. The fourth-order valence-corrected chi connectivity index (χ4v) is 1.04. The summed E-state index contributed by atoms with van der Waals surface area (Å²) in [6, 6.07) is 0. The molecule has 2 N–H and O–H groups in total. The van der Waals surface area contributed by atoms with Gasteiger partial charge in [-0.15, -0.1) is 0 Å². The van der Waals surface area contributed by atoms with Crippen LogP contribution in [-0.2, 0) is 6.42 Å². The summed E-state index contributed by atoms with van der Waals surface area (Å²) in [4.78, 5) is 17.4. The number of hydrogen-bond acceptors (Lipinski definition) is 3. The molecular weight excluding hydrogens is 224 g/mol. The zero-order valence-electron chi connectivity index (χ0n) is 6.59. The van der Waals surface area contributed by atoms with Gasteiger partial charge in [0.2, 0.25) is 5.88 Å². The summed E-state index contributed by atoms with van der Waals surface area (Å²) in [7, 11) is 0. The lowest BCUT2D eigenvalue weighted by Crippen LogP contribution is -2.11. The molecule has 0 amide bonds. The lowest BCUT2D eigenvalue weighted by Gasteiger charge is -1.99. The van der Waals surface area contributed by atoms with E-state index in [1.165, 1.54) is 0 Å². The van der Waals surface area contributed by atoms with Crippen LogP contribution in [0.25, 0.3) is 0 Å². The maximum Gasteiger partial charge on any atom is 0.269 e. The summed E-state index contributed by atoms with van der Waals surface area (Å²) < 4.78 is 0.0855. The molecule has 0 fully saturated rings. The molecule has 12 heavy (non-hydrogen) atoms. The Hall–Kier alpha value is -0.840. The highest BCUT2D eigenvalue weighted by Crippen LogP contribution is 2.14. The van der Waals surface area contributed by atoms with Gasteiger partial charge < -0.3 is 10.1 Å². The smallest absolute Gasteiger partial charge is 0.269 e. The van der Waals surface area contributed by atoms with E-state index in [9.17, 15) is 4.79 Å². The molecule has 1 aromatic rings. The van der Waals surface area contributed by atoms with Gasteiger partial charge in [0.05, 0.1) is 0 Å². The molecule has 0 atom stereocenters. The summed E-state index contributed by atoms with van der Waals surface area (Å²) in [6.07, 6.45) is 1.54. The lowest BCUT2D eigenvalue weighted by atomic mass is 10.3. The van der Waals surface area contributed by atoms with Crippen molar-refractivity contribution >= 4 is 15.9 Å². The number of rotatable bonds is 2. The van der Waals surface area contributed by atoms with Crippen molar-refractivity contribution < 1.29 is 5.11 Å². The highest BCUT2D eigenvalue weighted by molar-refractivity contribution is 9.10. The Bertz CT molecular complexity index is 335. The van der Waals surface area contributed by atoms with Gasteiger partial charge in [0.25, 0.3) is 5.56 Å². The van der Waals surface area contributed by atoms with Crippen LogP contribution in [0.15, 0.2) is 9.27 Å². The second-order valence-electron chi connectivity index (χ2n) is 2.40. The first-order valence-corrected chi connectivity index (χ1v) is 4.42. The normalized spacial score (nSPS) is 10.2. The minimum absolute atomic E-state index is 0.0855. The van der Waals surface area contributed by atoms with Crippen molar-refractivity contribution in [3.8, 4) is 5.88 Å². The van der Waals surface area contributed by atoms with Crippen LogP contribution in [0.2, 0.25) is 0 Å². The molecule has 0 bridgehead atoms. The fourth-order valence-electron chi connectivity index (χ4n) is 0.848. The molecule has 66 valence electrons. The Morgan fingerprint density at radius 1 is 1.67 bits per heavy atom. The number of nitrogens with zero attached hydrogens (tertiary/aromatic N) is 1. The van der Waals surface area contributed by atoms with E-state index in [1.54, 1.807) is 0 Å². The molecule has 0 unspecified atom stereocenters. The second-order valence-corrected chi connectivity index (χ2v) is 3.19. The monoisotopic (exact) mass is 232 g/mol. The molecule has 0 saturated carbocycles. The molecule has 4 nitrogen and oxygen atoms in total. The van der Waals surface area contributed by atoms with E-state index < -0.39 is 0 Å². The highest BCUT2D eigenvalue weighted by Gasteiger charge is 2.05. The Morgan fingerprint density at radius 3 is 2.83 bits per heavy atom. The van der Waals surface area contributed by atoms with E-state index in [1.807, 2.05) is 6.92 Å². The van der Waals surface area contributed by atoms with Crippen molar-refractivity contribution in [2.45, 2.75) is 19.8 Å². The highest BCUT2D eigenvalue weighted by atomic mass is 79.9. The third kappa shape index (κ3) is 1.85. The third-order valence-corrected chi connectivity index (χ3v) is 2.10. The van der Waals surface area contributed by atoms with Gasteiger partial charge in [-0.3, -0.25) is 4.79 Å². The van der Waals surface area contributed by atoms with Crippen LogP contribution in [0.1, 0.15) is 19.2 Å². The Labute approximate surface area is 77.8 Å². The van der Waals surface area contributed by atoms with E-state index in [2.05, 4.69) is 25.9 Å². The average molecular weight is 233 g/mol. The molecule has 0 aliphatic rings. The van der Waals surface area contributed by atoms with Crippen molar-refractivity contribution in [3.05, 3.63) is 20.7 Å². The van der Waals surface area contributed by atoms with Gasteiger partial charge in [-0.25, -0.2) is 0 Å². The summed E-state index contributed by atoms with van der Waals surface area (Å²) in [6.45, 7) is 1.97. The Morgan fingerprint density at radius 2 is 2.33 bits per heavy atom. The molecule has 0 aliphatic carbocycles. The molecular formula is C7H9BrN2O2. The number of aromatic nitrogens is 2. The van der Waals surface area contributed by atoms with Gasteiger partial charge in [0.1, 0.15) is 10.3 Å². The largest absolute Gasteiger partial charge is 0.492 e. The van der Waals surface area contributed by atoms with Crippen molar-refractivity contribution in [2.75, 3.05) is 0 Å². The van der Waals surface area contributed by atoms with Gasteiger partial charge in [-0.05, 0) is 22.4 Å². The van der Waals surface area contributed by atoms with E-state index in [-0.39, 0.29) is 15.9 Å². The predicted octanol–water partition coefficient (Wildman–Crippen LogP) is 1.19. The number of H-pyrrole nitrogens is 1. The van der Waals surface area contributed by atoms with Gasteiger partial charge in [-0.2, -0.15) is 4.98 Å². The molecule has 1 heterocycles. The van der Waals surface area contributed by atoms with Crippen LogP contribution >= 0.6 is 15.9 Å². The van der Waals surface area contributed by atoms with E-state index in [0.717, 1.165) is 6.42 Å². The van der Waals surface area contributed by atoms with Crippen molar-refractivity contribution in [1.82, 2.24) is 9.97 Å². The Balaban J connectivity index is 3.13. The minimum atomic E-state index is -0.342. The van der Waals surface area contributed by atoms with Gasteiger partial charge in [-0.1, -0.05) is 6.92 Å². The topological polar surface area (TPSA) is 66.0 Å². The van der Waals surface area contributed by atoms with E-state index in [0.29, 0.717) is 12.2 Å². The van der Waals surface area contributed by atoms with E-state index >= 15 is 0 Å². The maximum atomic E-state index is 11.0. The third-order valence-electron chi connectivity index (χ3n) is 1.38. The molecule has 1 aromatic heterocycles.